The number of aliphatic hydroxyl groups is 1. The number of rotatable bonds is 4. The van der Waals surface area contributed by atoms with Crippen LogP contribution in [0.15, 0.2) is 36.4 Å². The van der Waals surface area contributed by atoms with Crippen molar-refractivity contribution in [1.82, 2.24) is 9.47 Å². The molecule has 1 N–H and O–H groups in total. The molecule has 1 atom stereocenters. The number of hydrogen-bond acceptors (Lipinski definition) is 4. The lowest BCUT2D eigenvalue weighted by Gasteiger charge is -2.19. The van der Waals surface area contributed by atoms with E-state index in [4.69, 9.17) is 23.2 Å². The molecule has 1 aliphatic rings. The summed E-state index contributed by atoms with van der Waals surface area (Å²) in [5.41, 5.74) is 1.80. The summed E-state index contributed by atoms with van der Waals surface area (Å²) in [7, 11) is 0. The number of hydrogen-bond donors (Lipinski definition) is 1. The van der Waals surface area contributed by atoms with Crippen LogP contribution in [0.4, 0.5) is 4.79 Å². The Balaban J connectivity index is 1.73. The van der Waals surface area contributed by atoms with Crippen LogP contribution in [-0.2, 0) is 11.3 Å². The molecule has 2 amide bonds. The molecule has 1 aliphatic heterocycles. The van der Waals surface area contributed by atoms with Crippen LogP contribution >= 0.6 is 35.0 Å². The maximum absolute atomic E-state index is 11.8. The predicted octanol–water partition coefficient (Wildman–Crippen LogP) is 4.16. The molecule has 0 bridgehead atoms. The summed E-state index contributed by atoms with van der Waals surface area (Å²) in [6.07, 6.45) is -0.883. The molecule has 1 aromatic heterocycles. The average Bonchev–Trinajstić information content (AvgIpc) is 3.07. The van der Waals surface area contributed by atoms with E-state index in [1.165, 1.54) is 0 Å². The second kappa shape index (κ2) is 6.78. The van der Waals surface area contributed by atoms with Crippen LogP contribution in [0.1, 0.15) is 0 Å². The third-order valence-electron chi connectivity index (χ3n) is 4.42. The second-order valence-electron chi connectivity index (χ2n) is 6.15. The highest BCUT2D eigenvalue weighted by Gasteiger charge is 2.31. The van der Waals surface area contributed by atoms with Crippen molar-refractivity contribution in [2.24, 2.45) is 0 Å². The van der Waals surface area contributed by atoms with Gasteiger partial charge >= 0.3 is 0 Å². The number of halogens is 2. The number of carbonyl (C=O) groups excluding carboxylic acids is 2. The lowest BCUT2D eigenvalue weighted by molar-refractivity contribution is -0.125. The number of nitrogens with zero attached hydrogens (tertiary/aromatic N) is 2. The minimum absolute atomic E-state index is 0.0208. The van der Waals surface area contributed by atoms with Crippen LogP contribution in [0.5, 0.6) is 0 Å². The van der Waals surface area contributed by atoms with E-state index in [0.717, 1.165) is 38.5 Å². The Morgan fingerprint density at radius 2 is 1.58 bits per heavy atom. The number of aromatic nitrogens is 1. The molecular formula is C18H14Cl2N2O3S. The van der Waals surface area contributed by atoms with Crippen LogP contribution in [0.3, 0.4) is 0 Å². The molecule has 1 saturated heterocycles. The smallest absolute Gasteiger partial charge is 0.288 e. The SMILES string of the molecule is O=C1CSC(=O)N1C[C@@H](O)Cn1c2ccc(Cl)cc2c2cc(Cl)ccc21. The molecule has 8 heteroatoms. The number of thioether (sulfide) groups is 1. The summed E-state index contributed by atoms with van der Waals surface area (Å²) >= 11 is 13.2. The topological polar surface area (TPSA) is 62.5 Å². The molecule has 134 valence electrons. The summed E-state index contributed by atoms with van der Waals surface area (Å²) < 4.78 is 1.96. The maximum Gasteiger partial charge on any atom is 0.288 e. The summed E-state index contributed by atoms with van der Waals surface area (Å²) in [4.78, 5) is 24.6. The molecule has 0 aliphatic carbocycles. The van der Waals surface area contributed by atoms with Gasteiger partial charge in [0.15, 0.2) is 0 Å². The number of aliphatic hydroxyl groups excluding tert-OH is 1. The van der Waals surface area contributed by atoms with Crippen molar-refractivity contribution in [3.63, 3.8) is 0 Å². The minimum Gasteiger partial charge on any atom is -0.389 e. The molecule has 0 saturated carbocycles. The highest BCUT2D eigenvalue weighted by molar-refractivity contribution is 8.14. The van der Waals surface area contributed by atoms with Gasteiger partial charge in [0.2, 0.25) is 5.91 Å². The Labute approximate surface area is 163 Å². The second-order valence-corrected chi connectivity index (χ2v) is 7.95. The van der Waals surface area contributed by atoms with Crippen LogP contribution in [-0.4, -0.2) is 44.1 Å². The van der Waals surface area contributed by atoms with Gasteiger partial charge in [0.05, 0.1) is 24.9 Å². The number of benzene rings is 2. The normalized spacial score (nSPS) is 16.2. The molecular weight excluding hydrogens is 395 g/mol. The maximum atomic E-state index is 11.8. The fourth-order valence-corrected chi connectivity index (χ4v) is 4.36. The molecule has 0 unspecified atom stereocenters. The quantitative estimate of drug-likeness (QED) is 0.703. The zero-order valence-electron chi connectivity index (χ0n) is 13.5. The first-order chi connectivity index (χ1) is 12.4. The number of carbonyl (C=O) groups is 2. The first-order valence-electron chi connectivity index (χ1n) is 7.96. The van der Waals surface area contributed by atoms with Crippen LogP contribution in [0.2, 0.25) is 10.0 Å². The van der Waals surface area contributed by atoms with Crippen molar-refractivity contribution in [3.05, 3.63) is 46.4 Å². The van der Waals surface area contributed by atoms with Gasteiger partial charge in [0.25, 0.3) is 5.24 Å². The summed E-state index contributed by atoms with van der Waals surface area (Å²) in [5.74, 6) is -0.127. The standard InChI is InChI=1S/C18H14Cl2N2O3S/c19-10-1-3-15-13(5-10)14-6-11(20)2-4-16(14)21(15)7-12(23)8-22-17(24)9-26-18(22)25/h1-6,12,23H,7-9H2/t12-/m0/s1. The van der Waals surface area contributed by atoms with Crippen molar-refractivity contribution in [3.8, 4) is 0 Å². The van der Waals surface area contributed by atoms with Crippen LogP contribution in [0, 0.1) is 0 Å². The van der Waals surface area contributed by atoms with Gasteiger partial charge in [-0.05, 0) is 36.4 Å². The summed E-state index contributed by atoms with van der Waals surface area (Å²) in [6.45, 7) is 0.220. The van der Waals surface area contributed by atoms with Gasteiger partial charge in [0.1, 0.15) is 0 Å². The summed E-state index contributed by atoms with van der Waals surface area (Å²) in [6, 6.07) is 11.1. The first-order valence-corrected chi connectivity index (χ1v) is 9.70. The zero-order chi connectivity index (χ0) is 18.4. The molecule has 2 heterocycles. The van der Waals surface area contributed by atoms with E-state index >= 15 is 0 Å². The van der Waals surface area contributed by atoms with E-state index in [2.05, 4.69) is 0 Å². The average molecular weight is 409 g/mol. The van der Waals surface area contributed by atoms with Gasteiger partial charge in [-0.3, -0.25) is 14.5 Å². The molecule has 26 heavy (non-hydrogen) atoms. The zero-order valence-corrected chi connectivity index (χ0v) is 15.8. The largest absolute Gasteiger partial charge is 0.389 e. The molecule has 2 aromatic carbocycles. The molecule has 0 spiro atoms. The lowest BCUT2D eigenvalue weighted by atomic mass is 10.1. The monoisotopic (exact) mass is 408 g/mol. The fraction of sp³-hybridized carbons (Fsp3) is 0.222. The van der Waals surface area contributed by atoms with Gasteiger partial charge in [-0.25, -0.2) is 0 Å². The molecule has 0 radical (unpaired) electrons. The van der Waals surface area contributed by atoms with Gasteiger partial charge < -0.3 is 9.67 Å². The first kappa shape index (κ1) is 17.7. The van der Waals surface area contributed by atoms with Gasteiger partial charge in [-0.1, -0.05) is 35.0 Å². The number of imide groups is 1. The van der Waals surface area contributed by atoms with E-state index in [-0.39, 0.29) is 30.0 Å². The summed E-state index contributed by atoms with van der Waals surface area (Å²) in [5, 5.41) is 13.3. The van der Waals surface area contributed by atoms with Crippen molar-refractivity contribution in [2.75, 3.05) is 12.3 Å². The highest BCUT2D eigenvalue weighted by Crippen LogP contribution is 2.33. The van der Waals surface area contributed by atoms with Crippen molar-refractivity contribution in [1.29, 1.82) is 0 Å². The third-order valence-corrected chi connectivity index (χ3v) is 5.74. The Hall–Kier alpha value is -1.73. The van der Waals surface area contributed by atoms with E-state index in [0.29, 0.717) is 10.0 Å². The number of fused-ring (bicyclic) bond motifs is 3. The van der Waals surface area contributed by atoms with Crippen molar-refractivity contribution in [2.45, 2.75) is 12.6 Å². The van der Waals surface area contributed by atoms with Crippen molar-refractivity contribution >= 4 is 67.9 Å². The predicted molar refractivity (Wildman–Crippen MR) is 105 cm³/mol. The van der Waals surface area contributed by atoms with Crippen LogP contribution in [0.25, 0.3) is 21.8 Å². The number of β-amino-alcohol motifs (C(OH)–C–C–N with tert-alkyl or cyclic N) is 1. The Morgan fingerprint density at radius 1 is 1.00 bits per heavy atom. The fourth-order valence-electron chi connectivity index (χ4n) is 3.28. The van der Waals surface area contributed by atoms with Crippen LogP contribution < -0.4 is 0 Å². The molecule has 5 nitrogen and oxygen atoms in total. The third kappa shape index (κ3) is 3.07. The molecule has 1 fully saturated rings. The van der Waals surface area contributed by atoms with Crippen molar-refractivity contribution < 1.29 is 14.7 Å². The van der Waals surface area contributed by atoms with E-state index in [1.54, 1.807) is 12.1 Å². The van der Waals surface area contributed by atoms with E-state index < -0.39 is 6.10 Å². The molecule has 3 aromatic rings. The van der Waals surface area contributed by atoms with Gasteiger partial charge in [-0.15, -0.1) is 0 Å². The Morgan fingerprint density at radius 3 is 2.08 bits per heavy atom. The highest BCUT2D eigenvalue weighted by atomic mass is 35.5. The van der Waals surface area contributed by atoms with Gasteiger partial charge in [0, 0.05) is 31.9 Å². The lowest BCUT2D eigenvalue weighted by Crippen LogP contribution is -2.37. The Kier molecular flexibility index (Phi) is 4.61. The molecule has 4 rings (SSSR count). The van der Waals surface area contributed by atoms with E-state index in [1.807, 2.05) is 28.8 Å². The Bertz CT molecular complexity index is 975. The number of amides is 2. The van der Waals surface area contributed by atoms with E-state index in [9.17, 15) is 14.7 Å². The van der Waals surface area contributed by atoms with Gasteiger partial charge in [-0.2, -0.15) is 0 Å². The minimum atomic E-state index is -0.883.